The Morgan fingerprint density at radius 2 is 2.24 bits per heavy atom. The average molecular weight is 284 g/mol. The van der Waals surface area contributed by atoms with Crippen LogP contribution in [-0.4, -0.2) is 45.9 Å². The van der Waals surface area contributed by atoms with Crippen molar-refractivity contribution >= 4 is 22.6 Å². The molecule has 0 atom stereocenters. The molecule has 0 radical (unpaired) electrons. The maximum atomic E-state index is 11.7. The smallest absolute Gasteiger partial charge is 0.279 e. The van der Waals surface area contributed by atoms with Gasteiger partial charge in [-0.15, -0.1) is 12.4 Å². The zero-order chi connectivity index (χ0) is 12.0. The molecule has 0 fully saturated rings. The minimum Gasteiger partial charge on any atom is -0.313 e. The van der Waals surface area contributed by atoms with Gasteiger partial charge in [0, 0.05) is 26.7 Å². The van der Waals surface area contributed by atoms with Crippen molar-refractivity contribution < 1.29 is 8.42 Å². The molecule has 1 aliphatic heterocycles. The maximum Gasteiger partial charge on any atom is 0.279 e. The molecule has 0 aromatic carbocycles. The minimum absolute atomic E-state index is 0. The average Bonchev–Trinajstić information content (AvgIpc) is 2.28. The quantitative estimate of drug-likeness (QED) is 0.698. The molecule has 0 unspecified atom stereocenters. The predicted molar refractivity (Wildman–Crippen MR) is 72.7 cm³/mol. The highest BCUT2D eigenvalue weighted by molar-refractivity contribution is 7.87. The van der Waals surface area contributed by atoms with Gasteiger partial charge in [-0.3, -0.25) is 0 Å². The second-order valence-corrected chi connectivity index (χ2v) is 5.83. The lowest BCUT2D eigenvalue weighted by Gasteiger charge is -2.19. The third-order valence-electron chi connectivity index (χ3n) is 2.59. The lowest BCUT2D eigenvalue weighted by Crippen LogP contribution is -2.40. The monoisotopic (exact) mass is 283 g/mol. The summed E-state index contributed by atoms with van der Waals surface area (Å²) in [7, 11) is -1.70. The molecule has 0 aromatic rings. The number of halogens is 1. The molecular weight excluding hydrogens is 262 g/mol. The Morgan fingerprint density at radius 1 is 1.53 bits per heavy atom. The first kappa shape index (κ1) is 16.9. The molecular formula is C10H22ClN3O2S. The molecule has 0 spiro atoms. The fourth-order valence-corrected chi connectivity index (χ4v) is 2.57. The minimum atomic E-state index is -3.30. The van der Waals surface area contributed by atoms with Crippen molar-refractivity contribution in [3.05, 3.63) is 11.6 Å². The van der Waals surface area contributed by atoms with Gasteiger partial charge in [0.2, 0.25) is 0 Å². The number of nitrogens with one attached hydrogen (secondary N) is 2. The van der Waals surface area contributed by atoms with Gasteiger partial charge in [-0.2, -0.15) is 17.4 Å². The van der Waals surface area contributed by atoms with Crippen LogP contribution in [0.1, 0.15) is 19.8 Å². The van der Waals surface area contributed by atoms with Crippen LogP contribution in [0.5, 0.6) is 0 Å². The summed E-state index contributed by atoms with van der Waals surface area (Å²) in [6.45, 7) is 4.70. The first-order chi connectivity index (χ1) is 7.56. The van der Waals surface area contributed by atoms with Gasteiger partial charge < -0.3 is 5.32 Å². The molecule has 1 heterocycles. The second-order valence-electron chi connectivity index (χ2n) is 3.96. The van der Waals surface area contributed by atoms with E-state index >= 15 is 0 Å². The lowest BCUT2D eigenvalue weighted by atomic mass is 10.1. The van der Waals surface area contributed by atoms with E-state index in [9.17, 15) is 8.42 Å². The van der Waals surface area contributed by atoms with Crippen LogP contribution in [0.3, 0.4) is 0 Å². The van der Waals surface area contributed by atoms with E-state index < -0.39 is 10.2 Å². The van der Waals surface area contributed by atoms with Gasteiger partial charge in [0.25, 0.3) is 10.2 Å². The molecule has 0 bridgehead atoms. The van der Waals surface area contributed by atoms with E-state index in [1.54, 1.807) is 7.05 Å². The van der Waals surface area contributed by atoms with Crippen LogP contribution in [0.2, 0.25) is 0 Å². The zero-order valence-corrected chi connectivity index (χ0v) is 12.0. The predicted octanol–water partition coefficient (Wildman–Crippen LogP) is 0.504. The van der Waals surface area contributed by atoms with Crippen molar-refractivity contribution in [2.75, 3.05) is 33.2 Å². The molecule has 5 nitrogen and oxygen atoms in total. The first-order valence-corrected chi connectivity index (χ1v) is 7.10. The van der Waals surface area contributed by atoms with E-state index in [4.69, 9.17) is 0 Å². The van der Waals surface area contributed by atoms with Crippen molar-refractivity contribution in [3.63, 3.8) is 0 Å². The van der Waals surface area contributed by atoms with Crippen LogP contribution in [0, 0.1) is 0 Å². The Hall–Kier alpha value is -0.140. The SMILES string of the molecule is CCCN(C)S(=O)(=O)NCC1=CCNCC1.Cl. The largest absolute Gasteiger partial charge is 0.313 e. The van der Waals surface area contributed by atoms with Crippen LogP contribution >= 0.6 is 12.4 Å². The van der Waals surface area contributed by atoms with E-state index in [2.05, 4.69) is 10.0 Å². The molecule has 0 aliphatic carbocycles. The van der Waals surface area contributed by atoms with Crippen molar-refractivity contribution in [1.29, 1.82) is 0 Å². The molecule has 1 rings (SSSR count). The Morgan fingerprint density at radius 3 is 2.76 bits per heavy atom. The summed E-state index contributed by atoms with van der Waals surface area (Å²) < 4.78 is 27.4. The van der Waals surface area contributed by atoms with Gasteiger partial charge in [0.1, 0.15) is 0 Å². The van der Waals surface area contributed by atoms with Crippen LogP contribution < -0.4 is 10.0 Å². The summed E-state index contributed by atoms with van der Waals surface area (Å²) >= 11 is 0. The molecule has 102 valence electrons. The van der Waals surface area contributed by atoms with E-state index in [1.807, 2.05) is 13.0 Å². The van der Waals surface area contributed by atoms with Gasteiger partial charge >= 0.3 is 0 Å². The van der Waals surface area contributed by atoms with E-state index in [0.717, 1.165) is 31.5 Å². The lowest BCUT2D eigenvalue weighted by molar-refractivity contribution is 0.458. The third-order valence-corrected chi connectivity index (χ3v) is 4.10. The normalized spacial score (nSPS) is 16.5. The summed E-state index contributed by atoms with van der Waals surface area (Å²) in [5, 5.41) is 3.19. The summed E-state index contributed by atoms with van der Waals surface area (Å²) in [6, 6.07) is 0. The van der Waals surface area contributed by atoms with Crippen LogP contribution in [0.25, 0.3) is 0 Å². The molecule has 17 heavy (non-hydrogen) atoms. The van der Waals surface area contributed by atoms with Crippen molar-refractivity contribution in [2.45, 2.75) is 19.8 Å². The second kappa shape index (κ2) is 8.05. The highest BCUT2D eigenvalue weighted by Gasteiger charge is 2.16. The standard InChI is InChI=1S/C10H21N3O2S.ClH/c1-3-8-13(2)16(14,15)12-9-10-4-6-11-7-5-10;/h4,11-12H,3,5-9H2,1-2H3;1H. The Labute approximate surface area is 110 Å². The van der Waals surface area contributed by atoms with Crippen molar-refractivity contribution in [1.82, 2.24) is 14.3 Å². The summed E-state index contributed by atoms with van der Waals surface area (Å²) in [5.74, 6) is 0. The number of rotatable bonds is 6. The van der Waals surface area contributed by atoms with Gasteiger partial charge in [-0.25, -0.2) is 0 Å². The fraction of sp³-hybridized carbons (Fsp3) is 0.800. The third kappa shape index (κ3) is 5.83. The molecule has 0 aromatic heterocycles. The van der Waals surface area contributed by atoms with Gasteiger partial charge in [0.05, 0.1) is 0 Å². The topological polar surface area (TPSA) is 61.4 Å². The first-order valence-electron chi connectivity index (χ1n) is 5.66. The maximum absolute atomic E-state index is 11.7. The molecule has 1 aliphatic rings. The van der Waals surface area contributed by atoms with E-state index in [0.29, 0.717) is 13.1 Å². The molecule has 0 saturated carbocycles. The van der Waals surface area contributed by atoms with Crippen LogP contribution in [0.15, 0.2) is 11.6 Å². The highest BCUT2D eigenvalue weighted by atomic mass is 35.5. The van der Waals surface area contributed by atoms with Gasteiger partial charge in [-0.05, 0) is 19.4 Å². The van der Waals surface area contributed by atoms with E-state index in [1.165, 1.54) is 4.31 Å². The summed E-state index contributed by atoms with van der Waals surface area (Å²) in [4.78, 5) is 0. The Kier molecular flexibility index (Phi) is 7.98. The van der Waals surface area contributed by atoms with Gasteiger partial charge in [-0.1, -0.05) is 18.6 Å². The van der Waals surface area contributed by atoms with Crippen molar-refractivity contribution in [3.8, 4) is 0 Å². The van der Waals surface area contributed by atoms with Crippen LogP contribution in [-0.2, 0) is 10.2 Å². The molecule has 7 heteroatoms. The van der Waals surface area contributed by atoms with Crippen LogP contribution in [0.4, 0.5) is 0 Å². The zero-order valence-electron chi connectivity index (χ0n) is 10.4. The molecule has 2 N–H and O–H groups in total. The molecule has 0 saturated heterocycles. The van der Waals surface area contributed by atoms with Gasteiger partial charge in [0.15, 0.2) is 0 Å². The number of hydrogen-bond acceptors (Lipinski definition) is 3. The fourth-order valence-electron chi connectivity index (χ4n) is 1.56. The van der Waals surface area contributed by atoms with Crippen molar-refractivity contribution in [2.24, 2.45) is 0 Å². The Balaban J connectivity index is 0.00000256. The molecule has 0 amide bonds. The summed E-state index contributed by atoms with van der Waals surface area (Å²) in [6.07, 6.45) is 3.79. The number of nitrogens with zero attached hydrogens (tertiary/aromatic N) is 1. The Bertz CT molecular complexity index is 343. The van der Waals surface area contributed by atoms with E-state index in [-0.39, 0.29) is 12.4 Å². The highest BCUT2D eigenvalue weighted by Crippen LogP contribution is 2.04. The number of hydrogen-bond donors (Lipinski definition) is 2. The summed E-state index contributed by atoms with van der Waals surface area (Å²) in [5.41, 5.74) is 1.16.